The smallest absolute Gasteiger partial charge is 0.434 e. The summed E-state index contributed by atoms with van der Waals surface area (Å²) in [6.45, 7) is 9.67. The molecule has 0 saturated heterocycles. The summed E-state index contributed by atoms with van der Waals surface area (Å²) in [5.74, 6) is 1.47. The fourth-order valence-electron chi connectivity index (χ4n) is 3.98. The number of unbranched alkanes of at least 4 members (excludes halogenated alkanes) is 6. The molecular formula is C26H48O6. The summed E-state index contributed by atoms with van der Waals surface area (Å²) in [7, 11) is 0. The van der Waals surface area contributed by atoms with E-state index in [2.05, 4.69) is 27.7 Å². The van der Waals surface area contributed by atoms with Gasteiger partial charge in [0.2, 0.25) is 0 Å². The Morgan fingerprint density at radius 2 is 1.00 bits per heavy atom. The van der Waals surface area contributed by atoms with Gasteiger partial charge in [-0.3, -0.25) is 0 Å². The quantitative estimate of drug-likeness (QED) is 0.174. The molecule has 2 unspecified atom stereocenters. The van der Waals surface area contributed by atoms with Crippen LogP contribution in [0.25, 0.3) is 0 Å². The molecule has 1 rings (SSSR count). The molecule has 1 saturated carbocycles. The molecule has 0 aromatic heterocycles. The van der Waals surface area contributed by atoms with Crippen molar-refractivity contribution in [2.24, 2.45) is 11.8 Å². The molecule has 0 radical (unpaired) electrons. The van der Waals surface area contributed by atoms with Gasteiger partial charge >= 0.3 is 12.3 Å². The molecule has 1 aliphatic rings. The second kappa shape index (κ2) is 18.0. The molecule has 0 N–H and O–H groups in total. The van der Waals surface area contributed by atoms with Crippen molar-refractivity contribution in [3.8, 4) is 0 Å². The molecule has 0 amide bonds. The summed E-state index contributed by atoms with van der Waals surface area (Å²) in [5.41, 5.74) is 0. The number of carbonyl (C=O) groups is 2. The van der Waals surface area contributed by atoms with Crippen LogP contribution in [0.5, 0.6) is 0 Å². The van der Waals surface area contributed by atoms with Crippen LogP contribution in [0.1, 0.15) is 118 Å². The van der Waals surface area contributed by atoms with Gasteiger partial charge in [-0.05, 0) is 50.4 Å². The molecule has 1 fully saturated rings. The number of hydrogen-bond acceptors (Lipinski definition) is 6. The molecule has 32 heavy (non-hydrogen) atoms. The molecule has 2 atom stereocenters. The lowest BCUT2D eigenvalue weighted by molar-refractivity contribution is -0.0713. The minimum Gasteiger partial charge on any atom is -0.434 e. The van der Waals surface area contributed by atoms with E-state index in [4.69, 9.17) is 18.9 Å². The molecule has 1 aliphatic carbocycles. The third-order valence-corrected chi connectivity index (χ3v) is 5.93. The fraction of sp³-hybridized carbons (Fsp3) is 0.923. The highest BCUT2D eigenvalue weighted by atomic mass is 16.8. The summed E-state index contributed by atoms with van der Waals surface area (Å²) >= 11 is 0. The molecule has 188 valence electrons. The first-order chi connectivity index (χ1) is 15.4. The van der Waals surface area contributed by atoms with Gasteiger partial charge in [-0.2, -0.15) is 0 Å². The summed E-state index contributed by atoms with van der Waals surface area (Å²) in [6.07, 6.45) is 12.1. The zero-order chi connectivity index (χ0) is 23.6. The molecule has 6 nitrogen and oxygen atoms in total. The van der Waals surface area contributed by atoms with Crippen molar-refractivity contribution in [3.05, 3.63) is 0 Å². The van der Waals surface area contributed by atoms with Crippen LogP contribution in [0.4, 0.5) is 9.59 Å². The normalized spacial score (nSPS) is 18.6. The standard InChI is InChI=1S/C26H48O6/c1-21(2)15-9-6-5-7-13-19-29-25(27)31-23-17-11-12-18-24(23)32-26(28)30-20-14-8-10-16-22(3)4/h21-24H,5-20H2,1-4H3. The summed E-state index contributed by atoms with van der Waals surface area (Å²) < 4.78 is 21.3. The molecule has 0 spiro atoms. The van der Waals surface area contributed by atoms with Gasteiger partial charge in [-0.25, -0.2) is 9.59 Å². The monoisotopic (exact) mass is 456 g/mol. The second-order valence-corrected chi connectivity index (χ2v) is 9.99. The maximum Gasteiger partial charge on any atom is 0.508 e. The van der Waals surface area contributed by atoms with Gasteiger partial charge in [-0.1, -0.05) is 79.1 Å². The largest absolute Gasteiger partial charge is 0.508 e. The van der Waals surface area contributed by atoms with Crippen LogP contribution in [0, 0.1) is 11.8 Å². The number of rotatable bonds is 16. The van der Waals surface area contributed by atoms with Crippen LogP contribution in [-0.4, -0.2) is 37.7 Å². The summed E-state index contributed by atoms with van der Waals surface area (Å²) in [4.78, 5) is 24.1. The van der Waals surface area contributed by atoms with Gasteiger partial charge in [0.25, 0.3) is 0 Å². The van der Waals surface area contributed by atoms with Gasteiger partial charge in [0.05, 0.1) is 13.2 Å². The molecule has 0 aromatic rings. The lowest BCUT2D eigenvalue weighted by Gasteiger charge is -2.29. The summed E-state index contributed by atoms with van der Waals surface area (Å²) in [6, 6.07) is 0. The van der Waals surface area contributed by atoms with Crippen molar-refractivity contribution in [2.45, 2.75) is 130 Å². The van der Waals surface area contributed by atoms with Crippen LogP contribution in [0.2, 0.25) is 0 Å². The van der Waals surface area contributed by atoms with E-state index in [1.807, 2.05) is 0 Å². The van der Waals surface area contributed by atoms with Crippen molar-refractivity contribution < 1.29 is 28.5 Å². The van der Waals surface area contributed by atoms with E-state index >= 15 is 0 Å². The Morgan fingerprint density at radius 1 is 0.625 bits per heavy atom. The highest BCUT2D eigenvalue weighted by Gasteiger charge is 2.32. The van der Waals surface area contributed by atoms with Crippen molar-refractivity contribution in [1.29, 1.82) is 0 Å². The Bertz CT molecular complexity index is 491. The molecular weight excluding hydrogens is 408 g/mol. The van der Waals surface area contributed by atoms with Gasteiger partial charge in [0, 0.05) is 0 Å². The van der Waals surface area contributed by atoms with E-state index in [-0.39, 0.29) is 0 Å². The average Bonchev–Trinajstić information content (AvgIpc) is 2.73. The summed E-state index contributed by atoms with van der Waals surface area (Å²) in [5, 5.41) is 0. The predicted octanol–water partition coefficient (Wildman–Crippen LogP) is 7.82. The lowest BCUT2D eigenvalue weighted by Crippen LogP contribution is -2.38. The van der Waals surface area contributed by atoms with Crippen molar-refractivity contribution >= 4 is 12.3 Å². The van der Waals surface area contributed by atoms with E-state index in [1.165, 1.54) is 32.1 Å². The number of carbonyl (C=O) groups excluding carboxylic acids is 2. The maximum absolute atomic E-state index is 12.1. The van der Waals surface area contributed by atoms with Gasteiger partial charge in [-0.15, -0.1) is 0 Å². The first-order valence-corrected chi connectivity index (χ1v) is 13.0. The Balaban J connectivity index is 2.15. The highest BCUT2D eigenvalue weighted by Crippen LogP contribution is 2.25. The lowest BCUT2D eigenvalue weighted by atomic mass is 9.95. The van der Waals surface area contributed by atoms with Crippen molar-refractivity contribution in [2.75, 3.05) is 13.2 Å². The van der Waals surface area contributed by atoms with Crippen molar-refractivity contribution in [1.82, 2.24) is 0 Å². The molecule has 0 heterocycles. The van der Waals surface area contributed by atoms with Crippen LogP contribution < -0.4 is 0 Å². The minimum absolute atomic E-state index is 0.370. The van der Waals surface area contributed by atoms with Crippen LogP contribution in [-0.2, 0) is 18.9 Å². The third kappa shape index (κ3) is 15.4. The maximum atomic E-state index is 12.1. The van der Waals surface area contributed by atoms with Gasteiger partial charge < -0.3 is 18.9 Å². The van der Waals surface area contributed by atoms with Crippen LogP contribution in [0.3, 0.4) is 0 Å². The van der Waals surface area contributed by atoms with E-state index in [0.717, 1.165) is 50.9 Å². The van der Waals surface area contributed by atoms with Gasteiger partial charge in [0.15, 0.2) is 0 Å². The Labute approximate surface area is 196 Å². The SMILES string of the molecule is CC(C)CCCCCCCOC(=O)OC1CCCCC1OC(=O)OCCCCCC(C)C. The zero-order valence-corrected chi connectivity index (χ0v) is 21.1. The van der Waals surface area contributed by atoms with E-state index < -0.39 is 24.5 Å². The Hall–Kier alpha value is -1.46. The second-order valence-electron chi connectivity index (χ2n) is 9.99. The molecule has 6 heteroatoms. The first kappa shape index (κ1) is 28.6. The van der Waals surface area contributed by atoms with Gasteiger partial charge in [0.1, 0.15) is 12.2 Å². The zero-order valence-electron chi connectivity index (χ0n) is 21.1. The molecule has 0 bridgehead atoms. The molecule has 0 aliphatic heterocycles. The predicted molar refractivity (Wildman–Crippen MR) is 127 cm³/mol. The average molecular weight is 457 g/mol. The van der Waals surface area contributed by atoms with Crippen LogP contribution >= 0.6 is 0 Å². The third-order valence-electron chi connectivity index (χ3n) is 5.93. The first-order valence-electron chi connectivity index (χ1n) is 13.0. The van der Waals surface area contributed by atoms with Crippen molar-refractivity contribution in [3.63, 3.8) is 0 Å². The number of hydrogen-bond donors (Lipinski definition) is 0. The topological polar surface area (TPSA) is 71.1 Å². The Kier molecular flexibility index (Phi) is 16.1. The van der Waals surface area contributed by atoms with E-state index in [9.17, 15) is 9.59 Å². The molecule has 0 aromatic carbocycles. The van der Waals surface area contributed by atoms with Crippen LogP contribution in [0.15, 0.2) is 0 Å². The highest BCUT2D eigenvalue weighted by molar-refractivity contribution is 5.61. The Morgan fingerprint density at radius 3 is 1.44 bits per heavy atom. The van der Waals surface area contributed by atoms with E-state index in [0.29, 0.717) is 32.0 Å². The number of ether oxygens (including phenoxy) is 4. The minimum atomic E-state index is -0.666. The fourth-order valence-corrected chi connectivity index (χ4v) is 3.98. The van der Waals surface area contributed by atoms with E-state index in [1.54, 1.807) is 0 Å².